The van der Waals surface area contributed by atoms with E-state index < -0.39 is 15.3 Å². The summed E-state index contributed by atoms with van der Waals surface area (Å²) in [5.41, 5.74) is 0.793. The number of piperidine rings is 1. The van der Waals surface area contributed by atoms with Crippen molar-refractivity contribution in [2.24, 2.45) is 0 Å². The number of hydrogen-bond donors (Lipinski definition) is 1. The Hall–Kier alpha value is -0.990. The maximum absolute atomic E-state index is 12.7. The molecule has 140 valence electrons. The molecule has 1 aromatic rings. The molecule has 1 N–H and O–H groups in total. The second-order valence-corrected chi connectivity index (χ2v) is 9.95. The van der Waals surface area contributed by atoms with Crippen molar-refractivity contribution < 1.29 is 13.2 Å². The second-order valence-electron chi connectivity index (χ2n) is 7.01. The fourth-order valence-corrected chi connectivity index (χ4v) is 6.14. The smallest absolute Gasteiger partial charge is 0.228 e. The zero-order chi connectivity index (χ0) is 17.9. The molecule has 1 saturated carbocycles. The molecule has 3 rings (SSSR count). The molecule has 1 unspecified atom stereocenters. The van der Waals surface area contributed by atoms with E-state index in [0.717, 1.165) is 49.2 Å². The standard InChI is InChI=1S/C17H27N3O3S2/c1-2-16-18-14(12-24-16)10-17(21)20-9-5-8-15(11-20)25(22,23)19-13-6-3-4-7-13/h12-13,15,19H,2-11H2,1H3. The molecule has 25 heavy (non-hydrogen) atoms. The molecule has 1 amide bonds. The Morgan fingerprint density at radius 3 is 2.76 bits per heavy atom. The molecule has 0 radical (unpaired) electrons. The van der Waals surface area contributed by atoms with Crippen molar-refractivity contribution in [3.05, 3.63) is 16.1 Å². The third kappa shape index (κ3) is 4.80. The van der Waals surface area contributed by atoms with Crippen LogP contribution in [0, 0.1) is 0 Å². The lowest BCUT2D eigenvalue weighted by Crippen LogP contribution is -2.50. The Morgan fingerprint density at radius 1 is 1.32 bits per heavy atom. The minimum absolute atomic E-state index is 0.0197. The van der Waals surface area contributed by atoms with Gasteiger partial charge in [-0.05, 0) is 32.1 Å². The van der Waals surface area contributed by atoms with Crippen molar-refractivity contribution in [2.75, 3.05) is 13.1 Å². The molecule has 1 aliphatic carbocycles. The van der Waals surface area contributed by atoms with E-state index in [2.05, 4.69) is 9.71 Å². The highest BCUT2D eigenvalue weighted by molar-refractivity contribution is 7.90. The zero-order valence-corrected chi connectivity index (χ0v) is 16.4. The van der Waals surface area contributed by atoms with Gasteiger partial charge in [0.15, 0.2) is 0 Å². The minimum Gasteiger partial charge on any atom is -0.341 e. The number of sulfonamides is 1. The van der Waals surface area contributed by atoms with Gasteiger partial charge in [-0.3, -0.25) is 4.79 Å². The summed E-state index contributed by atoms with van der Waals surface area (Å²) < 4.78 is 28.2. The monoisotopic (exact) mass is 385 g/mol. The van der Waals surface area contributed by atoms with Gasteiger partial charge < -0.3 is 4.90 Å². The van der Waals surface area contributed by atoms with Crippen molar-refractivity contribution in [2.45, 2.75) is 69.6 Å². The predicted molar refractivity (Wildman–Crippen MR) is 99.1 cm³/mol. The summed E-state index contributed by atoms with van der Waals surface area (Å²) in [7, 11) is -3.36. The fourth-order valence-electron chi connectivity index (χ4n) is 3.65. The van der Waals surface area contributed by atoms with E-state index in [4.69, 9.17) is 0 Å². The van der Waals surface area contributed by atoms with Crippen LogP contribution in [0.3, 0.4) is 0 Å². The molecule has 1 aromatic heterocycles. The van der Waals surface area contributed by atoms with Crippen LogP contribution < -0.4 is 4.72 Å². The van der Waals surface area contributed by atoms with E-state index in [1.165, 1.54) is 0 Å². The fraction of sp³-hybridized carbons (Fsp3) is 0.765. The van der Waals surface area contributed by atoms with Crippen LogP contribution in [0.2, 0.25) is 0 Å². The van der Waals surface area contributed by atoms with Gasteiger partial charge in [0.05, 0.1) is 22.4 Å². The van der Waals surface area contributed by atoms with Gasteiger partial charge in [0.1, 0.15) is 0 Å². The summed E-state index contributed by atoms with van der Waals surface area (Å²) >= 11 is 1.57. The second kappa shape index (κ2) is 8.14. The first-order valence-electron chi connectivity index (χ1n) is 9.20. The summed E-state index contributed by atoms with van der Waals surface area (Å²) in [6.07, 6.45) is 6.54. The van der Waals surface area contributed by atoms with E-state index in [1.54, 1.807) is 16.2 Å². The van der Waals surface area contributed by atoms with Crippen LogP contribution in [-0.2, 0) is 27.7 Å². The van der Waals surface area contributed by atoms with Gasteiger partial charge in [-0.25, -0.2) is 18.1 Å². The Morgan fingerprint density at radius 2 is 2.08 bits per heavy atom. The number of carbonyl (C=O) groups excluding carboxylic acids is 1. The van der Waals surface area contributed by atoms with Crippen LogP contribution in [0.1, 0.15) is 56.2 Å². The Kier molecular flexibility index (Phi) is 6.12. The van der Waals surface area contributed by atoms with Crippen molar-refractivity contribution in [3.63, 3.8) is 0 Å². The van der Waals surface area contributed by atoms with Gasteiger partial charge in [0.25, 0.3) is 0 Å². The number of amides is 1. The number of carbonyl (C=O) groups is 1. The molecule has 6 nitrogen and oxygen atoms in total. The number of thiazole rings is 1. The number of hydrogen-bond acceptors (Lipinski definition) is 5. The molecule has 0 bridgehead atoms. The highest BCUT2D eigenvalue weighted by Crippen LogP contribution is 2.22. The maximum Gasteiger partial charge on any atom is 0.228 e. The summed E-state index contributed by atoms with van der Waals surface area (Å²) in [5, 5.41) is 2.46. The highest BCUT2D eigenvalue weighted by atomic mass is 32.2. The molecule has 1 atom stereocenters. The largest absolute Gasteiger partial charge is 0.341 e. The number of aryl methyl sites for hydroxylation is 1. The molecule has 1 saturated heterocycles. The van der Waals surface area contributed by atoms with Crippen molar-refractivity contribution in [1.29, 1.82) is 0 Å². The average Bonchev–Trinajstić information content (AvgIpc) is 3.26. The first-order chi connectivity index (χ1) is 12.0. The van der Waals surface area contributed by atoms with E-state index in [9.17, 15) is 13.2 Å². The van der Waals surface area contributed by atoms with E-state index in [0.29, 0.717) is 19.5 Å². The minimum atomic E-state index is -3.36. The number of nitrogens with zero attached hydrogens (tertiary/aromatic N) is 2. The van der Waals surface area contributed by atoms with Crippen molar-refractivity contribution >= 4 is 27.3 Å². The average molecular weight is 386 g/mol. The van der Waals surface area contributed by atoms with Crippen LogP contribution in [0.5, 0.6) is 0 Å². The van der Waals surface area contributed by atoms with Crippen molar-refractivity contribution in [1.82, 2.24) is 14.6 Å². The molecule has 1 aliphatic heterocycles. The van der Waals surface area contributed by atoms with E-state index >= 15 is 0 Å². The molecule has 8 heteroatoms. The number of aromatic nitrogens is 1. The molecule has 2 aliphatic rings. The van der Waals surface area contributed by atoms with Gasteiger partial charge >= 0.3 is 0 Å². The molecule has 2 fully saturated rings. The molecule has 2 heterocycles. The SMILES string of the molecule is CCc1nc(CC(=O)N2CCCC(S(=O)(=O)NC3CCCC3)C2)cs1. The van der Waals surface area contributed by atoms with Gasteiger partial charge in [-0.15, -0.1) is 11.3 Å². The van der Waals surface area contributed by atoms with Crippen LogP contribution in [0.15, 0.2) is 5.38 Å². The molecular formula is C17H27N3O3S2. The van der Waals surface area contributed by atoms with Gasteiger partial charge in [-0.2, -0.15) is 0 Å². The van der Waals surface area contributed by atoms with Crippen LogP contribution in [0.4, 0.5) is 0 Å². The number of nitrogens with one attached hydrogen (secondary N) is 1. The molecular weight excluding hydrogens is 358 g/mol. The summed E-state index contributed by atoms with van der Waals surface area (Å²) in [6.45, 7) is 2.98. The number of rotatable bonds is 6. The zero-order valence-electron chi connectivity index (χ0n) is 14.7. The van der Waals surface area contributed by atoms with Gasteiger partial charge in [-0.1, -0.05) is 19.8 Å². The summed E-state index contributed by atoms with van der Waals surface area (Å²) in [5.74, 6) is -0.0197. The molecule has 0 aromatic carbocycles. The molecule has 0 spiro atoms. The first-order valence-corrected chi connectivity index (χ1v) is 11.6. The highest BCUT2D eigenvalue weighted by Gasteiger charge is 2.34. The summed E-state index contributed by atoms with van der Waals surface area (Å²) in [4.78, 5) is 18.7. The third-order valence-electron chi connectivity index (χ3n) is 5.09. The van der Waals surface area contributed by atoms with Crippen LogP contribution in [0.25, 0.3) is 0 Å². The third-order valence-corrected chi connectivity index (χ3v) is 8.06. The first kappa shape index (κ1) is 18.8. The topological polar surface area (TPSA) is 79.4 Å². The van der Waals surface area contributed by atoms with Crippen LogP contribution >= 0.6 is 11.3 Å². The van der Waals surface area contributed by atoms with Gasteiger partial charge in [0, 0.05) is 24.5 Å². The Bertz CT molecular complexity index is 696. The normalized spacial score (nSPS) is 22.4. The Balaban J connectivity index is 1.58. The maximum atomic E-state index is 12.7. The summed E-state index contributed by atoms with van der Waals surface area (Å²) in [6, 6.07) is 0.0820. The van der Waals surface area contributed by atoms with Crippen LogP contribution in [-0.4, -0.2) is 48.6 Å². The lowest BCUT2D eigenvalue weighted by atomic mass is 10.1. The van der Waals surface area contributed by atoms with Crippen molar-refractivity contribution in [3.8, 4) is 0 Å². The quantitative estimate of drug-likeness (QED) is 0.813. The lowest BCUT2D eigenvalue weighted by Gasteiger charge is -2.33. The predicted octanol–water partition coefficient (Wildman–Crippen LogP) is 2.10. The lowest BCUT2D eigenvalue weighted by molar-refractivity contribution is -0.131. The number of likely N-dealkylation sites (tertiary alicyclic amines) is 1. The Labute approximate surface area is 154 Å². The van der Waals surface area contributed by atoms with E-state index in [1.807, 2.05) is 12.3 Å². The van der Waals surface area contributed by atoms with Gasteiger partial charge in [0.2, 0.25) is 15.9 Å². The van der Waals surface area contributed by atoms with E-state index in [-0.39, 0.29) is 18.4 Å².